The second kappa shape index (κ2) is 6.34. The van der Waals surface area contributed by atoms with Crippen molar-refractivity contribution in [3.05, 3.63) is 42.1 Å². The summed E-state index contributed by atoms with van der Waals surface area (Å²) in [5.74, 6) is 0.273. The van der Waals surface area contributed by atoms with Crippen molar-refractivity contribution >= 4 is 16.7 Å². The van der Waals surface area contributed by atoms with Crippen LogP contribution in [0.2, 0.25) is 0 Å². The highest BCUT2D eigenvalue weighted by atomic mass is 16.4. The molecule has 0 saturated heterocycles. The van der Waals surface area contributed by atoms with Gasteiger partial charge in [-0.05, 0) is 24.7 Å². The number of aromatic nitrogens is 1. The van der Waals surface area contributed by atoms with E-state index >= 15 is 0 Å². The van der Waals surface area contributed by atoms with E-state index in [2.05, 4.69) is 21.1 Å². The number of oxime groups is 1. The van der Waals surface area contributed by atoms with Gasteiger partial charge in [0, 0.05) is 30.6 Å². The molecule has 5 nitrogen and oxygen atoms in total. The van der Waals surface area contributed by atoms with Gasteiger partial charge >= 0.3 is 0 Å². The SMILES string of the molecule is CC(CN(C)Cc1ccnc2ccccc12)C(N)=NO. The predicted octanol–water partition coefficient (Wildman–Crippen LogP) is 2.05. The highest BCUT2D eigenvalue weighted by Crippen LogP contribution is 2.17. The fraction of sp³-hybridized carbons (Fsp3) is 0.333. The molecule has 0 fully saturated rings. The molecule has 0 bridgehead atoms. The maximum absolute atomic E-state index is 8.69. The van der Waals surface area contributed by atoms with Gasteiger partial charge in [0.15, 0.2) is 0 Å². The lowest BCUT2D eigenvalue weighted by atomic mass is 10.1. The van der Waals surface area contributed by atoms with Crippen LogP contribution < -0.4 is 5.73 Å². The number of hydrogen-bond acceptors (Lipinski definition) is 4. The molecule has 0 radical (unpaired) electrons. The van der Waals surface area contributed by atoms with E-state index in [1.807, 2.05) is 44.4 Å². The van der Waals surface area contributed by atoms with Crippen LogP contribution in [0.5, 0.6) is 0 Å². The van der Waals surface area contributed by atoms with Gasteiger partial charge in [-0.3, -0.25) is 4.98 Å². The Bertz CT molecular complexity index is 606. The highest BCUT2D eigenvalue weighted by Gasteiger charge is 2.12. The lowest BCUT2D eigenvalue weighted by Gasteiger charge is -2.21. The van der Waals surface area contributed by atoms with Gasteiger partial charge in [0.1, 0.15) is 5.84 Å². The Hall–Kier alpha value is -2.14. The number of fused-ring (bicyclic) bond motifs is 1. The van der Waals surface area contributed by atoms with Crippen molar-refractivity contribution in [3.8, 4) is 0 Å². The summed E-state index contributed by atoms with van der Waals surface area (Å²) < 4.78 is 0. The maximum atomic E-state index is 8.69. The van der Waals surface area contributed by atoms with Crippen molar-refractivity contribution < 1.29 is 5.21 Å². The molecule has 0 spiro atoms. The third-order valence-electron chi connectivity index (χ3n) is 3.39. The van der Waals surface area contributed by atoms with Crippen LogP contribution in [-0.2, 0) is 6.54 Å². The number of hydrogen-bond donors (Lipinski definition) is 2. The van der Waals surface area contributed by atoms with E-state index in [-0.39, 0.29) is 11.8 Å². The average molecular weight is 272 g/mol. The molecule has 1 heterocycles. The molecule has 1 atom stereocenters. The van der Waals surface area contributed by atoms with Crippen LogP contribution in [0.1, 0.15) is 12.5 Å². The molecule has 0 aliphatic rings. The molecule has 1 aromatic carbocycles. The molecule has 0 aliphatic carbocycles. The Morgan fingerprint density at radius 2 is 2.15 bits per heavy atom. The summed E-state index contributed by atoms with van der Waals surface area (Å²) in [6, 6.07) is 10.1. The smallest absolute Gasteiger partial charge is 0.143 e. The van der Waals surface area contributed by atoms with Crippen molar-refractivity contribution in [1.29, 1.82) is 0 Å². The predicted molar refractivity (Wildman–Crippen MR) is 80.6 cm³/mol. The summed E-state index contributed by atoms with van der Waals surface area (Å²) in [7, 11) is 2.02. The van der Waals surface area contributed by atoms with Gasteiger partial charge in [-0.15, -0.1) is 0 Å². The van der Waals surface area contributed by atoms with Crippen molar-refractivity contribution in [2.24, 2.45) is 16.8 Å². The van der Waals surface area contributed by atoms with Gasteiger partial charge in [-0.1, -0.05) is 30.3 Å². The lowest BCUT2D eigenvalue weighted by Crippen LogP contribution is -2.32. The van der Waals surface area contributed by atoms with E-state index in [0.29, 0.717) is 0 Å². The minimum absolute atomic E-state index is 0.0121. The summed E-state index contributed by atoms with van der Waals surface area (Å²) in [6.07, 6.45) is 1.83. The van der Waals surface area contributed by atoms with E-state index in [9.17, 15) is 0 Å². The quantitative estimate of drug-likeness (QED) is 0.378. The number of benzene rings is 1. The molecule has 106 valence electrons. The fourth-order valence-electron chi connectivity index (χ4n) is 2.31. The van der Waals surface area contributed by atoms with Crippen LogP contribution in [0.15, 0.2) is 41.7 Å². The van der Waals surface area contributed by atoms with Crippen LogP contribution >= 0.6 is 0 Å². The normalized spacial score (nSPS) is 13.8. The maximum Gasteiger partial charge on any atom is 0.143 e. The van der Waals surface area contributed by atoms with Gasteiger partial charge in [0.2, 0.25) is 0 Å². The van der Waals surface area contributed by atoms with Gasteiger partial charge in [-0.25, -0.2) is 0 Å². The Balaban J connectivity index is 2.12. The first-order chi connectivity index (χ1) is 9.61. The molecular formula is C15H20N4O. The molecule has 5 heteroatoms. The largest absolute Gasteiger partial charge is 0.409 e. The van der Waals surface area contributed by atoms with E-state index in [1.54, 1.807) is 0 Å². The fourth-order valence-corrected chi connectivity index (χ4v) is 2.31. The number of amidine groups is 1. The molecule has 20 heavy (non-hydrogen) atoms. The molecule has 2 rings (SSSR count). The molecule has 0 saturated carbocycles. The molecule has 3 N–H and O–H groups in total. The standard InChI is InChI=1S/C15H20N4O/c1-11(15(16)18-20)9-19(2)10-12-7-8-17-14-6-4-3-5-13(12)14/h3-8,11,20H,9-10H2,1-2H3,(H2,16,18). The Morgan fingerprint density at radius 3 is 2.90 bits per heavy atom. The third-order valence-corrected chi connectivity index (χ3v) is 3.39. The van der Waals surface area contributed by atoms with E-state index in [1.165, 1.54) is 10.9 Å². The van der Waals surface area contributed by atoms with Crippen LogP contribution in [0.4, 0.5) is 0 Å². The second-order valence-electron chi connectivity index (χ2n) is 5.11. The lowest BCUT2D eigenvalue weighted by molar-refractivity contribution is 0.291. The minimum Gasteiger partial charge on any atom is -0.409 e. The van der Waals surface area contributed by atoms with Crippen molar-refractivity contribution in [1.82, 2.24) is 9.88 Å². The van der Waals surface area contributed by atoms with Crippen molar-refractivity contribution in [2.75, 3.05) is 13.6 Å². The molecular weight excluding hydrogens is 252 g/mol. The number of rotatable bonds is 5. The van der Waals surface area contributed by atoms with Crippen LogP contribution in [0, 0.1) is 5.92 Å². The van der Waals surface area contributed by atoms with E-state index in [4.69, 9.17) is 10.9 Å². The zero-order valence-corrected chi connectivity index (χ0v) is 11.8. The van der Waals surface area contributed by atoms with Gasteiger partial charge < -0.3 is 15.8 Å². The summed E-state index contributed by atoms with van der Waals surface area (Å²) >= 11 is 0. The van der Waals surface area contributed by atoms with E-state index < -0.39 is 0 Å². The highest BCUT2D eigenvalue weighted by molar-refractivity contribution is 5.82. The Labute approximate surface area is 118 Å². The summed E-state index contributed by atoms with van der Waals surface area (Å²) in [5.41, 5.74) is 7.84. The molecule has 1 aromatic heterocycles. The number of pyridine rings is 1. The Morgan fingerprint density at radius 1 is 1.40 bits per heavy atom. The zero-order chi connectivity index (χ0) is 14.5. The van der Waals surface area contributed by atoms with Gasteiger partial charge in [0.25, 0.3) is 0 Å². The number of para-hydroxylation sites is 1. The van der Waals surface area contributed by atoms with Crippen LogP contribution in [0.3, 0.4) is 0 Å². The third kappa shape index (κ3) is 3.24. The average Bonchev–Trinajstić information content (AvgIpc) is 2.46. The van der Waals surface area contributed by atoms with Crippen molar-refractivity contribution in [3.63, 3.8) is 0 Å². The van der Waals surface area contributed by atoms with Crippen molar-refractivity contribution in [2.45, 2.75) is 13.5 Å². The summed E-state index contributed by atoms with van der Waals surface area (Å²) in [6.45, 7) is 3.47. The molecule has 0 amide bonds. The minimum atomic E-state index is 0.0121. The monoisotopic (exact) mass is 272 g/mol. The second-order valence-corrected chi connectivity index (χ2v) is 5.11. The topological polar surface area (TPSA) is 74.7 Å². The first kappa shape index (κ1) is 14.3. The first-order valence-corrected chi connectivity index (χ1v) is 6.60. The van der Waals surface area contributed by atoms with Crippen LogP contribution in [0.25, 0.3) is 10.9 Å². The number of nitrogens with zero attached hydrogens (tertiary/aromatic N) is 3. The molecule has 2 aromatic rings. The molecule has 0 aliphatic heterocycles. The first-order valence-electron chi connectivity index (χ1n) is 6.60. The summed E-state index contributed by atoms with van der Waals surface area (Å²) in [5, 5.41) is 12.9. The van der Waals surface area contributed by atoms with Crippen LogP contribution in [-0.4, -0.2) is 34.5 Å². The Kier molecular flexibility index (Phi) is 4.53. The molecule has 1 unspecified atom stereocenters. The summed E-state index contributed by atoms with van der Waals surface area (Å²) in [4.78, 5) is 6.52. The van der Waals surface area contributed by atoms with E-state index in [0.717, 1.165) is 18.6 Å². The van der Waals surface area contributed by atoms with Gasteiger partial charge in [0.05, 0.1) is 5.52 Å². The number of nitrogens with two attached hydrogens (primary N) is 1. The zero-order valence-electron chi connectivity index (χ0n) is 11.8. The van der Waals surface area contributed by atoms with Gasteiger partial charge in [-0.2, -0.15) is 0 Å².